The lowest BCUT2D eigenvalue weighted by Crippen LogP contribution is -2.36. The van der Waals surface area contributed by atoms with E-state index in [-0.39, 0.29) is 0 Å². The molecular weight excluding hydrogens is 198 g/mol. The first-order valence-electron chi connectivity index (χ1n) is 6.91. The fraction of sp³-hybridized carbons (Fsp3) is 1.00. The molecule has 1 N–H and O–H groups in total. The largest absolute Gasteiger partial charge is 0.315 e. The minimum Gasteiger partial charge on any atom is -0.315 e. The molecule has 0 aromatic heterocycles. The Morgan fingerprint density at radius 1 is 0.938 bits per heavy atom. The predicted octanol–water partition coefficient (Wildman–Crippen LogP) is 0.869. The van der Waals surface area contributed by atoms with Crippen LogP contribution in [-0.2, 0) is 0 Å². The van der Waals surface area contributed by atoms with E-state index in [1.807, 2.05) is 0 Å². The Morgan fingerprint density at radius 2 is 1.62 bits per heavy atom. The van der Waals surface area contributed by atoms with Crippen LogP contribution in [0.2, 0.25) is 0 Å². The molecule has 3 nitrogen and oxygen atoms in total. The van der Waals surface area contributed by atoms with E-state index < -0.39 is 0 Å². The summed E-state index contributed by atoms with van der Waals surface area (Å²) in [7, 11) is 0. The maximum Gasteiger partial charge on any atom is 0.0110 e. The Hall–Kier alpha value is -0.120. The summed E-state index contributed by atoms with van der Waals surface area (Å²) in [6.07, 6.45) is 1.31. The van der Waals surface area contributed by atoms with E-state index in [0.29, 0.717) is 0 Å². The number of nitrogens with one attached hydrogen (secondary N) is 1. The Morgan fingerprint density at radius 3 is 2.38 bits per heavy atom. The summed E-state index contributed by atoms with van der Waals surface area (Å²) in [5.74, 6) is 1.79. The molecule has 0 saturated carbocycles. The normalized spacial score (nSPS) is 34.1. The highest BCUT2D eigenvalue weighted by molar-refractivity contribution is 4.79. The predicted molar refractivity (Wildman–Crippen MR) is 68.7 cm³/mol. The number of rotatable bonds is 3. The first-order chi connectivity index (χ1) is 7.75. The zero-order chi connectivity index (χ0) is 11.4. The summed E-state index contributed by atoms with van der Waals surface area (Å²) >= 11 is 0. The molecule has 2 atom stereocenters. The summed E-state index contributed by atoms with van der Waals surface area (Å²) in [6.45, 7) is 14.8. The van der Waals surface area contributed by atoms with Crippen molar-refractivity contribution in [2.24, 2.45) is 11.8 Å². The van der Waals surface area contributed by atoms with Crippen molar-refractivity contribution >= 4 is 0 Å². The third-order valence-electron chi connectivity index (χ3n) is 4.23. The summed E-state index contributed by atoms with van der Waals surface area (Å²) in [6, 6.07) is 0. The first kappa shape index (κ1) is 12.3. The van der Waals surface area contributed by atoms with Gasteiger partial charge in [0, 0.05) is 39.3 Å². The average Bonchev–Trinajstić information content (AvgIpc) is 2.50. The molecule has 2 unspecified atom stereocenters. The van der Waals surface area contributed by atoms with E-state index in [0.717, 1.165) is 11.8 Å². The van der Waals surface area contributed by atoms with Gasteiger partial charge in [0.25, 0.3) is 0 Å². The molecule has 0 aromatic rings. The molecule has 2 fully saturated rings. The van der Waals surface area contributed by atoms with Crippen LogP contribution < -0.4 is 5.32 Å². The monoisotopic (exact) mass is 225 g/mol. The van der Waals surface area contributed by atoms with Gasteiger partial charge in [0.05, 0.1) is 0 Å². The van der Waals surface area contributed by atoms with Gasteiger partial charge in [-0.3, -0.25) is 0 Å². The molecule has 2 rings (SSSR count). The second-order valence-corrected chi connectivity index (χ2v) is 5.66. The van der Waals surface area contributed by atoms with Crippen LogP contribution in [0, 0.1) is 11.8 Å². The van der Waals surface area contributed by atoms with Crippen molar-refractivity contribution < 1.29 is 0 Å². The molecule has 0 bridgehead atoms. The van der Waals surface area contributed by atoms with E-state index in [2.05, 4.69) is 29.0 Å². The van der Waals surface area contributed by atoms with Gasteiger partial charge in [-0.1, -0.05) is 13.8 Å². The smallest absolute Gasteiger partial charge is 0.0110 e. The van der Waals surface area contributed by atoms with E-state index in [9.17, 15) is 0 Å². The van der Waals surface area contributed by atoms with E-state index in [4.69, 9.17) is 0 Å². The van der Waals surface area contributed by atoms with Crippen LogP contribution in [0.1, 0.15) is 20.3 Å². The lowest BCUT2D eigenvalue weighted by atomic mass is 10.0. The Labute approximate surface area is 100 Å². The number of hydrogen-bond donors (Lipinski definition) is 1. The van der Waals surface area contributed by atoms with E-state index in [1.165, 1.54) is 58.8 Å². The Balaban J connectivity index is 1.66. The zero-order valence-corrected chi connectivity index (χ0v) is 10.9. The van der Waals surface area contributed by atoms with Gasteiger partial charge in [-0.05, 0) is 31.3 Å². The zero-order valence-electron chi connectivity index (χ0n) is 10.9. The summed E-state index contributed by atoms with van der Waals surface area (Å²) < 4.78 is 0. The number of nitrogens with zero attached hydrogens (tertiary/aromatic N) is 2. The third-order valence-corrected chi connectivity index (χ3v) is 4.23. The third kappa shape index (κ3) is 3.44. The summed E-state index contributed by atoms with van der Waals surface area (Å²) in [4.78, 5) is 5.27. The van der Waals surface area contributed by atoms with Crippen molar-refractivity contribution in [3.05, 3.63) is 0 Å². The van der Waals surface area contributed by atoms with Crippen molar-refractivity contribution in [1.82, 2.24) is 15.1 Å². The molecule has 2 saturated heterocycles. The molecule has 94 valence electrons. The standard InChI is InChI=1S/C13H27N3/c1-12-10-16(11-13(12)2)9-8-15-6-3-4-14-5-7-15/h12-14H,3-11H2,1-2H3. The molecule has 0 amide bonds. The van der Waals surface area contributed by atoms with Crippen LogP contribution in [0.25, 0.3) is 0 Å². The average molecular weight is 225 g/mol. The lowest BCUT2D eigenvalue weighted by Gasteiger charge is -2.23. The molecule has 0 aliphatic carbocycles. The second kappa shape index (κ2) is 5.99. The number of hydrogen-bond acceptors (Lipinski definition) is 3. The van der Waals surface area contributed by atoms with Crippen LogP contribution in [0.15, 0.2) is 0 Å². The molecule has 16 heavy (non-hydrogen) atoms. The Bertz CT molecular complexity index is 187. The minimum atomic E-state index is 0.894. The highest BCUT2D eigenvalue weighted by atomic mass is 15.2. The van der Waals surface area contributed by atoms with Gasteiger partial charge >= 0.3 is 0 Å². The van der Waals surface area contributed by atoms with Crippen LogP contribution >= 0.6 is 0 Å². The van der Waals surface area contributed by atoms with Crippen molar-refractivity contribution in [2.75, 3.05) is 52.4 Å². The van der Waals surface area contributed by atoms with Crippen molar-refractivity contribution in [3.63, 3.8) is 0 Å². The molecule has 3 heteroatoms. The van der Waals surface area contributed by atoms with E-state index in [1.54, 1.807) is 0 Å². The molecular formula is C13H27N3. The van der Waals surface area contributed by atoms with Gasteiger partial charge in [0.2, 0.25) is 0 Å². The SMILES string of the molecule is CC1CN(CCN2CCCNCC2)CC1C. The van der Waals surface area contributed by atoms with E-state index >= 15 is 0 Å². The van der Waals surface area contributed by atoms with Gasteiger partial charge in [-0.2, -0.15) is 0 Å². The maximum absolute atomic E-state index is 3.46. The van der Waals surface area contributed by atoms with Crippen molar-refractivity contribution in [2.45, 2.75) is 20.3 Å². The topological polar surface area (TPSA) is 18.5 Å². The fourth-order valence-corrected chi connectivity index (χ4v) is 2.84. The van der Waals surface area contributed by atoms with Crippen LogP contribution in [0.3, 0.4) is 0 Å². The molecule has 2 heterocycles. The molecule has 2 aliphatic heterocycles. The van der Waals surface area contributed by atoms with Crippen LogP contribution in [0.4, 0.5) is 0 Å². The summed E-state index contributed by atoms with van der Waals surface area (Å²) in [5.41, 5.74) is 0. The Kier molecular flexibility index (Phi) is 4.62. The summed E-state index contributed by atoms with van der Waals surface area (Å²) in [5, 5.41) is 3.46. The van der Waals surface area contributed by atoms with Crippen molar-refractivity contribution in [1.29, 1.82) is 0 Å². The molecule has 2 aliphatic rings. The number of likely N-dealkylation sites (tertiary alicyclic amines) is 1. The van der Waals surface area contributed by atoms with Gasteiger partial charge in [-0.25, -0.2) is 0 Å². The minimum absolute atomic E-state index is 0.894. The second-order valence-electron chi connectivity index (χ2n) is 5.66. The van der Waals surface area contributed by atoms with Crippen molar-refractivity contribution in [3.8, 4) is 0 Å². The van der Waals surface area contributed by atoms with Gasteiger partial charge in [0.15, 0.2) is 0 Å². The maximum atomic E-state index is 3.46. The fourth-order valence-electron chi connectivity index (χ4n) is 2.84. The highest BCUT2D eigenvalue weighted by Gasteiger charge is 2.25. The quantitative estimate of drug-likeness (QED) is 0.769. The molecule has 0 spiro atoms. The van der Waals surface area contributed by atoms with Crippen LogP contribution in [0.5, 0.6) is 0 Å². The lowest BCUT2D eigenvalue weighted by molar-refractivity contribution is 0.230. The van der Waals surface area contributed by atoms with Crippen LogP contribution in [-0.4, -0.2) is 62.2 Å². The highest BCUT2D eigenvalue weighted by Crippen LogP contribution is 2.21. The van der Waals surface area contributed by atoms with Gasteiger partial charge in [0.1, 0.15) is 0 Å². The first-order valence-corrected chi connectivity index (χ1v) is 6.91. The molecule has 0 radical (unpaired) electrons. The molecule has 0 aromatic carbocycles. The van der Waals surface area contributed by atoms with Gasteiger partial charge in [-0.15, -0.1) is 0 Å². The van der Waals surface area contributed by atoms with Gasteiger partial charge < -0.3 is 15.1 Å².